The van der Waals surface area contributed by atoms with E-state index < -0.39 is 0 Å². The van der Waals surface area contributed by atoms with Gasteiger partial charge < -0.3 is 10.2 Å². The van der Waals surface area contributed by atoms with Crippen LogP contribution in [0, 0.1) is 11.8 Å². The van der Waals surface area contributed by atoms with Gasteiger partial charge in [-0.1, -0.05) is 13.8 Å². The third kappa shape index (κ3) is 5.54. The molecule has 2 aliphatic rings. The van der Waals surface area contributed by atoms with Crippen LogP contribution in [0.5, 0.6) is 0 Å². The predicted octanol–water partition coefficient (Wildman–Crippen LogP) is 2.82. The quantitative estimate of drug-likeness (QED) is 0.813. The van der Waals surface area contributed by atoms with Gasteiger partial charge in [0.25, 0.3) is 0 Å². The van der Waals surface area contributed by atoms with E-state index in [-0.39, 0.29) is 0 Å². The van der Waals surface area contributed by atoms with Gasteiger partial charge in [-0.2, -0.15) is 0 Å². The Kier molecular flexibility index (Phi) is 6.97. The molecule has 3 nitrogen and oxygen atoms in total. The van der Waals surface area contributed by atoms with E-state index in [4.69, 9.17) is 0 Å². The molecule has 2 saturated heterocycles. The molecule has 1 atom stereocenters. The van der Waals surface area contributed by atoms with Gasteiger partial charge in [0.1, 0.15) is 0 Å². The molecular formula is C18H37N3. The zero-order chi connectivity index (χ0) is 15.2. The molecule has 0 amide bonds. The average Bonchev–Trinajstić information content (AvgIpc) is 2.46. The first-order chi connectivity index (χ1) is 10.1. The molecule has 2 aliphatic heterocycles. The lowest BCUT2D eigenvalue weighted by Crippen LogP contribution is -2.50. The van der Waals surface area contributed by atoms with Gasteiger partial charge >= 0.3 is 0 Å². The van der Waals surface area contributed by atoms with Gasteiger partial charge in [0.2, 0.25) is 0 Å². The largest absolute Gasteiger partial charge is 0.316 e. The molecule has 21 heavy (non-hydrogen) atoms. The van der Waals surface area contributed by atoms with Crippen LogP contribution in [0.25, 0.3) is 0 Å². The number of nitrogens with zero attached hydrogens (tertiary/aromatic N) is 2. The molecule has 1 unspecified atom stereocenters. The highest BCUT2D eigenvalue weighted by Crippen LogP contribution is 2.22. The lowest BCUT2D eigenvalue weighted by atomic mass is 9.95. The van der Waals surface area contributed by atoms with E-state index in [1.807, 2.05) is 0 Å². The maximum absolute atomic E-state index is 3.58. The predicted molar refractivity (Wildman–Crippen MR) is 91.7 cm³/mol. The van der Waals surface area contributed by atoms with E-state index in [0.29, 0.717) is 6.04 Å². The minimum atomic E-state index is 0.688. The van der Waals surface area contributed by atoms with Gasteiger partial charge in [0, 0.05) is 25.2 Å². The summed E-state index contributed by atoms with van der Waals surface area (Å²) in [6, 6.07) is 1.50. The highest BCUT2D eigenvalue weighted by molar-refractivity contribution is 4.84. The van der Waals surface area contributed by atoms with Crippen molar-refractivity contribution in [2.45, 2.75) is 65.5 Å². The number of hydrogen-bond donors (Lipinski definition) is 1. The summed E-state index contributed by atoms with van der Waals surface area (Å²) in [6.07, 6.45) is 5.52. The van der Waals surface area contributed by atoms with Crippen molar-refractivity contribution >= 4 is 0 Å². The Balaban J connectivity index is 1.81. The smallest absolute Gasteiger partial charge is 0.0122 e. The van der Waals surface area contributed by atoms with Crippen LogP contribution in [-0.4, -0.2) is 61.2 Å². The van der Waals surface area contributed by atoms with E-state index >= 15 is 0 Å². The van der Waals surface area contributed by atoms with Gasteiger partial charge in [-0.05, 0) is 77.5 Å². The van der Waals surface area contributed by atoms with Crippen molar-refractivity contribution in [3.63, 3.8) is 0 Å². The summed E-state index contributed by atoms with van der Waals surface area (Å²) in [5.41, 5.74) is 0. The van der Waals surface area contributed by atoms with Gasteiger partial charge in [0.05, 0.1) is 0 Å². The third-order valence-corrected chi connectivity index (χ3v) is 5.18. The normalized spacial score (nSPS) is 26.1. The second-order valence-corrected chi connectivity index (χ2v) is 7.93. The van der Waals surface area contributed by atoms with Crippen molar-refractivity contribution in [2.24, 2.45) is 11.8 Å². The fourth-order valence-corrected chi connectivity index (χ4v) is 4.11. The molecule has 1 N–H and O–H groups in total. The van der Waals surface area contributed by atoms with Crippen LogP contribution in [0.1, 0.15) is 53.4 Å². The van der Waals surface area contributed by atoms with Gasteiger partial charge in [-0.3, -0.25) is 4.90 Å². The van der Waals surface area contributed by atoms with Gasteiger partial charge in [-0.15, -0.1) is 0 Å². The number of rotatable bonds is 6. The molecule has 0 aliphatic carbocycles. The second-order valence-electron chi connectivity index (χ2n) is 7.93. The summed E-state index contributed by atoms with van der Waals surface area (Å²) in [5.74, 6) is 1.67. The maximum Gasteiger partial charge on any atom is 0.0122 e. The van der Waals surface area contributed by atoms with Crippen LogP contribution in [0.4, 0.5) is 0 Å². The molecule has 0 saturated carbocycles. The van der Waals surface area contributed by atoms with Crippen LogP contribution in [0.2, 0.25) is 0 Å². The topological polar surface area (TPSA) is 18.5 Å². The molecular weight excluding hydrogens is 258 g/mol. The fraction of sp³-hybridized carbons (Fsp3) is 1.00. The maximum atomic E-state index is 3.58. The number of nitrogens with one attached hydrogen (secondary N) is 1. The Morgan fingerprint density at radius 2 is 1.81 bits per heavy atom. The molecule has 2 fully saturated rings. The van der Waals surface area contributed by atoms with Crippen LogP contribution in [0.15, 0.2) is 0 Å². The van der Waals surface area contributed by atoms with Crippen LogP contribution in [-0.2, 0) is 0 Å². The molecule has 0 aromatic carbocycles. The van der Waals surface area contributed by atoms with Gasteiger partial charge in [-0.25, -0.2) is 0 Å². The number of hydrogen-bond acceptors (Lipinski definition) is 3. The Morgan fingerprint density at radius 1 is 1.10 bits per heavy atom. The Hall–Kier alpha value is -0.120. The minimum absolute atomic E-state index is 0.688. The SMILES string of the molecule is CC(C)CN1CCC(N(CC2CCCNC2)C(C)C)CC1. The zero-order valence-electron chi connectivity index (χ0n) is 14.8. The Bertz CT molecular complexity index is 276. The van der Waals surface area contributed by atoms with Crippen molar-refractivity contribution < 1.29 is 0 Å². The van der Waals surface area contributed by atoms with Gasteiger partial charge in [0.15, 0.2) is 0 Å². The van der Waals surface area contributed by atoms with E-state index in [1.165, 1.54) is 65.0 Å². The molecule has 3 heteroatoms. The Morgan fingerprint density at radius 3 is 2.33 bits per heavy atom. The van der Waals surface area contributed by atoms with Crippen molar-refractivity contribution in [1.82, 2.24) is 15.1 Å². The highest BCUT2D eigenvalue weighted by atomic mass is 15.2. The molecule has 2 heterocycles. The monoisotopic (exact) mass is 295 g/mol. The fourth-order valence-electron chi connectivity index (χ4n) is 4.11. The summed E-state index contributed by atoms with van der Waals surface area (Å²) < 4.78 is 0. The lowest BCUT2D eigenvalue weighted by Gasteiger charge is -2.43. The summed E-state index contributed by atoms with van der Waals surface area (Å²) in [4.78, 5) is 5.48. The van der Waals surface area contributed by atoms with Crippen LogP contribution in [0.3, 0.4) is 0 Å². The molecule has 124 valence electrons. The second kappa shape index (κ2) is 8.50. The van der Waals surface area contributed by atoms with Crippen molar-refractivity contribution in [3.05, 3.63) is 0 Å². The van der Waals surface area contributed by atoms with Crippen molar-refractivity contribution in [1.29, 1.82) is 0 Å². The molecule has 0 radical (unpaired) electrons. The minimum Gasteiger partial charge on any atom is -0.316 e. The number of piperidine rings is 2. The molecule has 0 bridgehead atoms. The highest BCUT2D eigenvalue weighted by Gasteiger charge is 2.28. The first-order valence-corrected chi connectivity index (χ1v) is 9.25. The first kappa shape index (κ1) is 17.2. The number of likely N-dealkylation sites (tertiary alicyclic amines) is 1. The summed E-state index contributed by atoms with van der Waals surface area (Å²) in [6.45, 7) is 17.1. The first-order valence-electron chi connectivity index (χ1n) is 9.25. The Labute approximate surface area is 132 Å². The van der Waals surface area contributed by atoms with Crippen molar-refractivity contribution in [2.75, 3.05) is 39.3 Å². The summed E-state index contributed by atoms with van der Waals surface area (Å²) >= 11 is 0. The zero-order valence-corrected chi connectivity index (χ0v) is 14.8. The molecule has 0 aromatic rings. The standard InChI is InChI=1S/C18H37N3/c1-15(2)13-20-10-7-18(8-11-20)21(16(3)4)14-17-6-5-9-19-12-17/h15-19H,5-14H2,1-4H3. The summed E-state index contributed by atoms with van der Waals surface area (Å²) in [5, 5.41) is 3.58. The molecule has 2 rings (SSSR count). The van der Waals surface area contributed by atoms with Crippen molar-refractivity contribution in [3.8, 4) is 0 Å². The molecule has 0 aromatic heterocycles. The van der Waals surface area contributed by atoms with Crippen LogP contribution < -0.4 is 5.32 Å². The van der Waals surface area contributed by atoms with E-state index in [0.717, 1.165) is 17.9 Å². The van der Waals surface area contributed by atoms with E-state index in [1.54, 1.807) is 0 Å². The van der Waals surface area contributed by atoms with E-state index in [2.05, 4.69) is 42.8 Å². The average molecular weight is 296 g/mol. The lowest BCUT2D eigenvalue weighted by molar-refractivity contribution is 0.0632. The third-order valence-electron chi connectivity index (χ3n) is 5.18. The van der Waals surface area contributed by atoms with E-state index in [9.17, 15) is 0 Å². The molecule has 0 spiro atoms. The summed E-state index contributed by atoms with van der Waals surface area (Å²) in [7, 11) is 0. The van der Waals surface area contributed by atoms with Crippen LogP contribution >= 0.6 is 0 Å².